The third kappa shape index (κ3) is 2.84. The molecule has 2 atom stereocenters. The summed E-state index contributed by atoms with van der Waals surface area (Å²) < 4.78 is 7.99. The smallest absolute Gasteiger partial charge is 0.272 e. The van der Waals surface area contributed by atoms with Crippen LogP contribution in [0.25, 0.3) is 5.69 Å². The van der Waals surface area contributed by atoms with E-state index in [2.05, 4.69) is 4.98 Å². The second-order valence-electron chi connectivity index (χ2n) is 5.62. The molecule has 0 saturated carbocycles. The fourth-order valence-electron chi connectivity index (χ4n) is 2.87. The van der Waals surface area contributed by atoms with Crippen LogP contribution >= 0.6 is 12.2 Å². The fraction of sp³-hybridized carbons (Fsp3) is 0.375. The highest BCUT2D eigenvalue weighted by atomic mass is 32.1. The lowest BCUT2D eigenvalue weighted by molar-refractivity contribution is -0.0587. The number of aromatic nitrogens is 2. The van der Waals surface area contributed by atoms with Crippen molar-refractivity contribution in [3.8, 4) is 5.69 Å². The van der Waals surface area contributed by atoms with E-state index in [-0.39, 0.29) is 18.1 Å². The van der Waals surface area contributed by atoms with Gasteiger partial charge in [0.05, 0.1) is 12.2 Å². The quantitative estimate of drug-likeness (QED) is 0.867. The van der Waals surface area contributed by atoms with Gasteiger partial charge in [-0.3, -0.25) is 9.36 Å². The molecule has 1 aromatic heterocycles. The third-order valence-electron chi connectivity index (χ3n) is 3.72. The summed E-state index contributed by atoms with van der Waals surface area (Å²) in [6, 6.07) is 9.66. The number of nitrogens with zero attached hydrogens (tertiary/aromatic N) is 2. The number of rotatable bonds is 2. The molecule has 22 heavy (non-hydrogen) atoms. The minimum atomic E-state index is -0.0294. The molecule has 1 aliphatic rings. The minimum absolute atomic E-state index is 0.0294. The summed E-state index contributed by atoms with van der Waals surface area (Å²) in [5.74, 6) is -0.0294. The zero-order chi connectivity index (χ0) is 15.7. The molecule has 1 aromatic carbocycles. The molecule has 0 radical (unpaired) electrons. The van der Waals surface area contributed by atoms with Crippen molar-refractivity contribution < 1.29 is 9.53 Å². The standard InChI is InChI=1S/C16H19N3O2S/c1-11-9-18(10-12(2)21-11)15(20)14-8-17-16(22)19(14)13-6-4-3-5-7-13/h3-8,11-12H,9-10H2,1-2H3,(H,17,22). The van der Waals surface area contributed by atoms with Crippen LogP contribution in [0.3, 0.4) is 0 Å². The summed E-state index contributed by atoms with van der Waals surface area (Å²) in [6.45, 7) is 5.15. The van der Waals surface area contributed by atoms with Gasteiger partial charge in [0, 0.05) is 25.0 Å². The maximum atomic E-state index is 12.9. The van der Waals surface area contributed by atoms with Crippen molar-refractivity contribution in [2.75, 3.05) is 13.1 Å². The van der Waals surface area contributed by atoms with E-state index < -0.39 is 0 Å². The van der Waals surface area contributed by atoms with E-state index in [4.69, 9.17) is 17.0 Å². The highest BCUT2D eigenvalue weighted by molar-refractivity contribution is 7.71. The fourth-order valence-corrected chi connectivity index (χ4v) is 3.13. The molecular formula is C16H19N3O2S. The van der Waals surface area contributed by atoms with Crippen LogP contribution in [0.5, 0.6) is 0 Å². The number of H-pyrrole nitrogens is 1. The Morgan fingerprint density at radius 2 is 1.86 bits per heavy atom. The summed E-state index contributed by atoms with van der Waals surface area (Å²) in [5.41, 5.74) is 1.43. The van der Waals surface area contributed by atoms with E-state index in [0.717, 1.165) is 5.69 Å². The van der Waals surface area contributed by atoms with Crippen LogP contribution in [-0.2, 0) is 4.74 Å². The summed E-state index contributed by atoms with van der Waals surface area (Å²) in [4.78, 5) is 17.7. The third-order valence-corrected chi connectivity index (χ3v) is 4.02. The molecule has 6 heteroatoms. The van der Waals surface area contributed by atoms with Crippen LogP contribution in [0.1, 0.15) is 24.3 Å². The number of hydrogen-bond donors (Lipinski definition) is 1. The van der Waals surface area contributed by atoms with Gasteiger partial charge in [-0.15, -0.1) is 0 Å². The number of carbonyl (C=O) groups excluding carboxylic acids is 1. The molecule has 1 amide bonds. The molecule has 1 aliphatic heterocycles. The normalized spacial score (nSPS) is 21.8. The molecule has 0 bridgehead atoms. The molecule has 1 N–H and O–H groups in total. The van der Waals surface area contributed by atoms with Crippen LogP contribution in [-0.4, -0.2) is 45.7 Å². The summed E-state index contributed by atoms with van der Waals surface area (Å²) in [6.07, 6.45) is 1.77. The number of ether oxygens (including phenoxy) is 1. The Bertz CT molecular complexity index is 712. The zero-order valence-corrected chi connectivity index (χ0v) is 13.5. The van der Waals surface area contributed by atoms with Crippen LogP contribution < -0.4 is 0 Å². The number of morpholine rings is 1. The molecule has 0 spiro atoms. The lowest BCUT2D eigenvalue weighted by atomic mass is 10.2. The van der Waals surface area contributed by atoms with E-state index in [1.807, 2.05) is 49.1 Å². The first-order valence-corrected chi connectivity index (χ1v) is 7.77. The molecular weight excluding hydrogens is 298 g/mol. The number of carbonyl (C=O) groups is 1. The van der Waals surface area contributed by atoms with Crippen LogP contribution in [0.4, 0.5) is 0 Å². The molecule has 5 nitrogen and oxygen atoms in total. The van der Waals surface area contributed by atoms with E-state index in [0.29, 0.717) is 23.6 Å². The van der Waals surface area contributed by atoms with E-state index in [1.54, 1.807) is 10.8 Å². The monoisotopic (exact) mass is 317 g/mol. The molecule has 2 unspecified atom stereocenters. The molecule has 1 saturated heterocycles. The molecule has 116 valence electrons. The van der Waals surface area contributed by atoms with Gasteiger partial charge in [-0.1, -0.05) is 18.2 Å². The average molecular weight is 317 g/mol. The van der Waals surface area contributed by atoms with Crippen molar-refractivity contribution in [3.05, 3.63) is 47.0 Å². The van der Waals surface area contributed by atoms with E-state index in [9.17, 15) is 4.79 Å². The Morgan fingerprint density at radius 3 is 2.50 bits per heavy atom. The lowest BCUT2D eigenvalue weighted by Gasteiger charge is -2.35. The van der Waals surface area contributed by atoms with Gasteiger partial charge in [0.25, 0.3) is 5.91 Å². The Labute approximate surface area is 134 Å². The maximum absolute atomic E-state index is 12.9. The number of imidazole rings is 1. The Kier molecular flexibility index (Phi) is 4.13. The predicted octanol–water partition coefficient (Wildman–Crippen LogP) is 2.78. The summed E-state index contributed by atoms with van der Waals surface area (Å²) in [5, 5.41) is 0. The molecule has 1 fully saturated rings. The highest BCUT2D eigenvalue weighted by Crippen LogP contribution is 2.17. The number of nitrogens with one attached hydrogen (secondary N) is 1. The second kappa shape index (κ2) is 6.06. The summed E-state index contributed by atoms with van der Waals surface area (Å²) >= 11 is 5.33. The number of benzene rings is 1. The molecule has 2 heterocycles. The highest BCUT2D eigenvalue weighted by Gasteiger charge is 2.28. The minimum Gasteiger partial charge on any atom is -0.372 e. The van der Waals surface area contributed by atoms with E-state index >= 15 is 0 Å². The average Bonchev–Trinajstić information content (AvgIpc) is 2.88. The van der Waals surface area contributed by atoms with Crippen molar-refractivity contribution >= 4 is 18.1 Å². The molecule has 2 aromatic rings. The zero-order valence-electron chi connectivity index (χ0n) is 12.7. The van der Waals surface area contributed by atoms with Gasteiger partial charge in [-0.25, -0.2) is 0 Å². The maximum Gasteiger partial charge on any atom is 0.272 e. The number of aromatic amines is 1. The van der Waals surface area contributed by atoms with Gasteiger partial charge >= 0.3 is 0 Å². The van der Waals surface area contributed by atoms with Crippen molar-refractivity contribution in [2.45, 2.75) is 26.1 Å². The van der Waals surface area contributed by atoms with Gasteiger partial charge in [-0.05, 0) is 38.2 Å². The molecule has 0 aliphatic carbocycles. The first kappa shape index (κ1) is 15.0. The van der Waals surface area contributed by atoms with Crippen molar-refractivity contribution in [1.82, 2.24) is 14.5 Å². The van der Waals surface area contributed by atoms with E-state index in [1.165, 1.54) is 0 Å². The largest absolute Gasteiger partial charge is 0.372 e. The lowest BCUT2D eigenvalue weighted by Crippen LogP contribution is -2.48. The Balaban J connectivity index is 1.96. The number of hydrogen-bond acceptors (Lipinski definition) is 3. The van der Waals surface area contributed by atoms with Gasteiger partial charge in [0.1, 0.15) is 5.69 Å². The van der Waals surface area contributed by atoms with Gasteiger partial charge in [-0.2, -0.15) is 0 Å². The van der Waals surface area contributed by atoms with Crippen molar-refractivity contribution in [2.24, 2.45) is 0 Å². The van der Waals surface area contributed by atoms with Crippen LogP contribution in [0.15, 0.2) is 36.5 Å². The first-order chi connectivity index (χ1) is 10.6. The first-order valence-electron chi connectivity index (χ1n) is 7.37. The Hall–Kier alpha value is -1.92. The summed E-state index contributed by atoms with van der Waals surface area (Å²) in [7, 11) is 0. The number of para-hydroxylation sites is 1. The van der Waals surface area contributed by atoms with Gasteiger partial charge in [0.15, 0.2) is 4.77 Å². The van der Waals surface area contributed by atoms with Gasteiger partial charge in [0.2, 0.25) is 0 Å². The Morgan fingerprint density at radius 1 is 1.23 bits per heavy atom. The number of amides is 1. The van der Waals surface area contributed by atoms with Crippen LogP contribution in [0, 0.1) is 4.77 Å². The molecule has 3 rings (SSSR count). The van der Waals surface area contributed by atoms with Crippen molar-refractivity contribution in [3.63, 3.8) is 0 Å². The topological polar surface area (TPSA) is 50.3 Å². The second-order valence-corrected chi connectivity index (χ2v) is 6.00. The van der Waals surface area contributed by atoms with Crippen LogP contribution in [0.2, 0.25) is 0 Å². The SMILES string of the molecule is CC1CN(C(=O)c2c[nH]c(=S)n2-c2ccccc2)CC(C)O1. The van der Waals surface area contributed by atoms with Crippen molar-refractivity contribution in [1.29, 1.82) is 0 Å². The van der Waals surface area contributed by atoms with Gasteiger partial charge < -0.3 is 14.6 Å². The predicted molar refractivity (Wildman–Crippen MR) is 86.9 cm³/mol.